The van der Waals surface area contributed by atoms with Crippen molar-refractivity contribution in [3.05, 3.63) is 47.9 Å². The van der Waals surface area contributed by atoms with E-state index in [0.29, 0.717) is 0 Å². The molecule has 0 saturated heterocycles. The lowest BCUT2D eigenvalue weighted by Crippen LogP contribution is -2.19. The highest BCUT2D eigenvalue weighted by molar-refractivity contribution is 6.05. The van der Waals surface area contributed by atoms with Gasteiger partial charge in [0.25, 0.3) is 5.91 Å². The molecule has 0 radical (unpaired) electrons. The summed E-state index contributed by atoms with van der Waals surface area (Å²) < 4.78 is 0. The molecule has 1 amide bonds. The van der Waals surface area contributed by atoms with Crippen molar-refractivity contribution in [2.24, 2.45) is 0 Å². The summed E-state index contributed by atoms with van der Waals surface area (Å²) in [5.41, 5.74) is 7.55. The van der Waals surface area contributed by atoms with Crippen molar-refractivity contribution in [2.75, 3.05) is 25.1 Å². The van der Waals surface area contributed by atoms with Crippen molar-refractivity contribution in [2.45, 2.75) is 6.54 Å². The third-order valence-electron chi connectivity index (χ3n) is 2.69. The quantitative estimate of drug-likeness (QED) is 0.877. The van der Waals surface area contributed by atoms with E-state index in [1.165, 1.54) is 12.4 Å². The molecular weight excluding hydrogens is 254 g/mol. The first kappa shape index (κ1) is 14.0. The standard InChI is InChI=1S/C14H17N5O/c1-19(2)9-10-5-3-4-6-11(10)18-14(20)12-13(15)17-8-7-16-12/h3-8H,9H2,1-2H3,(H2,15,17)(H,18,20). The van der Waals surface area contributed by atoms with Crippen LogP contribution in [0.4, 0.5) is 11.5 Å². The second kappa shape index (κ2) is 6.12. The van der Waals surface area contributed by atoms with Crippen molar-refractivity contribution < 1.29 is 4.79 Å². The third kappa shape index (κ3) is 3.30. The highest BCUT2D eigenvalue weighted by atomic mass is 16.1. The van der Waals surface area contributed by atoms with Crippen molar-refractivity contribution in [3.8, 4) is 0 Å². The third-order valence-corrected chi connectivity index (χ3v) is 2.69. The maximum Gasteiger partial charge on any atom is 0.278 e. The summed E-state index contributed by atoms with van der Waals surface area (Å²) in [5.74, 6) is -0.239. The van der Waals surface area contributed by atoms with Gasteiger partial charge in [-0.3, -0.25) is 4.79 Å². The number of nitrogens with zero attached hydrogens (tertiary/aromatic N) is 3. The highest BCUT2D eigenvalue weighted by Gasteiger charge is 2.13. The van der Waals surface area contributed by atoms with Crippen LogP contribution in [-0.4, -0.2) is 34.9 Å². The molecule has 3 N–H and O–H groups in total. The number of amides is 1. The van der Waals surface area contributed by atoms with Gasteiger partial charge in [-0.2, -0.15) is 0 Å². The van der Waals surface area contributed by atoms with Crippen LogP contribution in [0.1, 0.15) is 16.1 Å². The fourth-order valence-electron chi connectivity index (χ4n) is 1.83. The number of rotatable bonds is 4. The van der Waals surface area contributed by atoms with Gasteiger partial charge in [0.05, 0.1) is 0 Å². The summed E-state index contributed by atoms with van der Waals surface area (Å²) in [7, 11) is 3.94. The molecular formula is C14H17N5O. The maximum absolute atomic E-state index is 12.2. The van der Waals surface area contributed by atoms with Crippen molar-refractivity contribution in [1.82, 2.24) is 14.9 Å². The van der Waals surface area contributed by atoms with Crippen LogP contribution in [0.2, 0.25) is 0 Å². The number of para-hydroxylation sites is 1. The van der Waals surface area contributed by atoms with E-state index in [1.54, 1.807) is 0 Å². The molecule has 6 nitrogen and oxygen atoms in total. The Morgan fingerprint density at radius 2 is 1.95 bits per heavy atom. The second-order valence-corrected chi connectivity index (χ2v) is 4.64. The highest BCUT2D eigenvalue weighted by Crippen LogP contribution is 2.17. The largest absolute Gasteiger partial charge is 0.382 e. The molecule has 0 spiro atoms. The van der Waals surface area contributed by atoms with Crippen LogP contribution < -0.4 is 11.1 Å². The number of benzene rings is 1. The van der Waals surface area contributed by atoms with Gasteiger partial charge in [0, 0.05) is 24.6 Å². The molecule has 2 aromatic rings. The Bertz CT molecular complexity index is 612. The number of carbonyl (C=O) groups is 1. The van der Waals surface area contributed by atoms with E-state index in [4.69, 9.17) is 5.73 Å². The average molecular weight is 271 g/mol. The maximum atomic E-state index is 12.2. The summed E-state index contributed by atoms with van der Waals surface area (Å²) >= 11 is 0. The van der Waals surface area contributed by atoms with Gasteiger partial charge in [0.1, 0.15) is 0 Å². The number of hydrogen-bond acceptors (Lipinski definition) is 5. The lowest BCUT2D eigenvalue weighted by molar-refractivity contribution is 0.102. The van der Waals surface area contributed by atoms with Gasteiger partial charge in [-0.25, -0.2) is 9.97 Å². The number of anilines is 2. The molecule has 6 heteroatoms. The molecule has 2 rings (SSSR count). The Kier molecular flexibility index (Phi) is 4.27. The van der Waals surface area contributed by atoms with E-state index in [-0.39, 0.29) is 17.4 Å². The summed E-state index contributed by atoms with van der Waals surface area (Å²) in [6.45, 7) is 0.729. The van der Waals surface area contributed by atoms with E-state index in [1.807, 2.05) is 43.3 Å². The van der Waals surface area contributed by atoms with E-state index < -0.39 is 0 Å². The zero-order valence-electron chi connectivity index (χ0n) is 11.5. The summed E-state index contributed by atoms with van der Waals surface area (Å²) in [5, 5.41) is 2.82. The van der Waals surface area contributed by atoms with Crippen molar-refractivity contribution >= 4 is 17.4 Å². The van der Waals surface area contributed by atoms with Crippen molar-refractivity contribution in [3.63, 3.8) is 0 Å². The van der Waals surface area contributed by atoms with Gasteiger partial charge in [0.2, 0.25) is 0 Å². The molecule has 0 bridgehead atoms. The molecule has 0 saturated carbocycles. The average Bonchev–Trinajstić information content (AvgIpc) is 2.41. The lowest BCUT2D eigenvalue weighted by atomic mass is 10.1. The van der Waals surface area contributed by atoms with Crippen LogP contribution in [0.3, 0.4) is 0 Å². The van der Waals surface area contributed by atoms with Gasteiger partial charge in [-0.05, 0) is 25.7 Å². The number of nitrogens with two attached hydrogens (primary N) is 1. The number of aromatic nitrogens is 2. The molecule has 1 aromatic heterocycles. The monoisotopic (exact) mass is 271 g/mol. The van der Waals surface area contributed by atoms with E-state index in [0.717, 1.165) is 17.8 Å². The van der Waals surface area contributed by atoms with Crippen LogP contribution in [-0.2, 0) is 6.54 Å². The first-order chi connectivity index (χ1) is 9.58. The van der Waals surface area contributed by atoms with Crippen LogP contribution in [0.5, 0.6) is 0 Å². The van der Waals surface area contributed by atoms with E-state index in [9.17, 15) is 4.79 Å². The van der Waals surface area contributed by atoms with Crippen LogP contribution in [0.15, 0.2) is 36.7 Å². The minimum Gasteiger partial charge on any atom is -0.382 e. The smallest absolute Gasteiger partial charge is 0.278 e. The Morgan fingerprint density at radius 1 is 1.25 bits per heavy atom. The zero-order chi connectivity index (χ0) is 14.5. The molecule has 0 aliphatic rings. The molecule has 1 heterocycles. The van der Waals surface area contributed by atoms with Crippen LogP contribution in [0, 0.1) is 0 Å². The second-order valence-electron chi connectivity index (χ2n) is 4.64. The van der Waals surface area contributed by atoms with Gasteiger partial charge in [-0.15, -0.1) is 0 Å². The first-order valence-corrected chi connectivity index (χ1v) is 6.18. The van der Waals surface area contributed by atoms with Gasteiger partial charge >= 0.3 is 0 Å². The minimum absolute atomic E-state index is 0.120. The number of hydrogen-bond donors (Lipinski definition) is 2. The Morgan fingerprint density at radius 3 is 2.65 bits per heavy atom. The molecule has 20 heavy (non-hydrogen) atoms. The van der Waals surface area contributed by atoms with Gasteiger partial charge < -0.3 is 16.0 Å². The van der Waals surface area contributed by atoms with E-state index in [2.05, 4.69) is 15.3 Å². The lowest BCUT2D eigenvalue weighted by Gasteiger charge is -2.14. The Balaban J connectivity index is 2.22. The Hall–Kier alpha value is -2.47. The normalized spacial score (nSPS) is 10.6. The predicted molar refractivity (Wildman–Crippen MR) is 78.2 cm³/mol. The van der Waals surface area contributed by atoms with Crippen LogP contribution >= 0.6 is 0 Å². The minimum atomic E-state index is -0.359. The topological polar surface area (TPSA) is 84.1 Å². The SMILES string of the molecule is CN(C)Cc1ccccc1NC(=O)c1nccnc1N. The summed E-state index contributed by atoms with van der Waals surface area (Å²) in [6, 6.07) is 7.62. The fourth-order valence-corrected chi connectivity index (χ4v) is 1.83. The molecule has 0 aliphatic heterocycles. The molecule has 0 unspecified atom stereocenters. The molecule has 0 fully saturated rings. The number of nitrogens with one attached hydrogen (secondary N) is 1. The Labute approximate surface area is 117 Å². The summed E-state index contributed by atoms with van der Waals surface area (Å²) in [4.78, 5) is 22.0. The fraction of sp³-hybridized carbons (Fsp3) is 0.214. The van der Waals surface area contributed by atoms with Crippen LogP contribution in [0.25, 0.3) is 0 Å². The summed E-state index contributed by atoms with van der Waals surface area (Å²) in [6.07, 6.45) is 2.89. The van der Waals surface area contributed by atoms with Gasteiger partial charge in [-0.1, -0.05) is 18.2 Å². The van der Waals surface area contributed by atoms with Gasteiger partial charge in [0.15, 0.2) is 11.5 Å². The molecule has 1 aromatic carbocycles. The molecule has 0 aliphatic carbocycles. The predicted octanol–water partition coefficient (Wildman–Crippen LogP) is 1.37. The van der Waals surface area contributed by atoms with E-state index >= 15 is 0 Å². The van der Waals surface area contributed by atoms with Crippen molar-refractivity contribution in [1.29, 1.82) is 0 Å². The first-order valence-electron chi connectivity index (χ1n) is 6.18. The zero-order valence-corrected chi connectivity index (χ0v) is 11.5. The molecule has 104 valence electrons. The number of nitrogen functional groups attached to an aromatic ring is 1. The molecule has 0 atom stereocenters. The number of carbonyl (C=O) groups excluding carboxylic acids is 1.